The van der Waals surface area contributed by atoms with E-state index in [-0.39, 0.29) is 5.91 Å². The predicted octanol–water partition coefficient (Wildman–Crippen LogP) is 3.42. The summed E-state index contributed by atoms with van der Waals surface area (Å²) in [6.45, 7) is 0. The number of nitrogens with zero attached hydrogens (tertiary/aromatic N) is 1. The molecule has 0 saturated carbocycles. The summed E-state index contributed by atoms with van der Waals surface area (Å²) in [4.78, 5) is 11.8. The monoisotopic (exact) mass is 343 g/mol. The summed E-state index contributed by atoms with van der Waals surface area (Å²) in [5, 5.41) is 3.90. The molecule has 0 fully saturated rings. The Kier molecular flexibility index (Phi) is 5.29. The number of nitrogens with one attached hydrogen (secondary N) is 1. The maximum atomic E-state index is 11.8. The number of amides is 1. The molecule has 4 nitrogen and oxygen atoms in total. The van der Waals surface area contributed by atoms with Crippen LogP contribution in [-0.4, -0.2) is 12.1 Å². The van der Waals surface area contributed by atoms with Crippen LogP contribution < -0.4 is 11.2 Å². The lowest BCUT2D eigenvalue weighted by atomic mass is 10.2. The third-order valence-electron chi connectivity index (χ3n) is 2.63. The van der Waals surface area contributed by atoms with Crippen molar-refractivity contribution in [2.75, 3.05) is 5.73 Å². The van der Waals surface area contributed by atoms with Crippen LogP contribution in [0.25, 0.3) is 6.08 Å². The van der Waals surface area contributed by atoms with Crippen LogP contribution in [0.1, 0.15) is 15.9 Å². The first-order valence-corrected chi connectivity index (χ1v) is 7.05. The van der Waals surface area contributed by atoms with Crippen molar-refractivity contribution in [2.45, 2.75) is 0 Å². The van der Waals surface area contributed by atoms with Gasteiger partial charge in [0, 0.05) is 15.7 Å². The number of carbonyl (C=O) groups is 1. The summed E-state index contributed by atoms with van der Waals surface area (Å²) < 4.78 is 0.756. The van der Waals surface area contributed by atoms with Crippen molar-refractivity contribution >= 4 is 39.8 Å². The van der Waals surface area contributed by atoms with Gasteiger partial charge in [-0.05, 0) is 51.8 Å². The first kappa shape index (κ1) is 15.0. The SMILES string of the molecule is Nc1ccc(C(=O)N/N=C/C(Br)=C/c2ccccc2)cc1. The van der Waals surface area contributed by atoms with Crippen molar-refractivity contribution in [3.8, 4) is 0 Å². The summed E-state index contributed by atoms with van der Waals surface area (Å²) in [6.07, 6.45) is 3.43. The van der Waals surface area contributed by atoms with Gasteiger partial charge in [0.2, 0.25) is 0 Å². The second kappa shape index (κ2) is 7.40. The third kappa shape index (κ3) is 4.89. The molecule has 0 aliphatic rings. The zero-order valence-electron chi connectivity index (χ0n) is 11.2. The van der Waals surface area contributed by atoms with Crippen LogP contribution in [0.3, 0.4) is 0 Å². The molecule has 5 heteroatoms. The highest BCUT2D eigenvalue weighted by Crippen LogP contribution is 2.10. The molecule has 0 saturated heterocycles. The maximum Gasteiger partial charge on any atom is 0.271 e. The second-order valence-corrected chi connectivity index (χ2v) is 5.18. The largest absolute Gasteiger partial charge is 0.399 e. The van der Waals surface area contributed by atoms with Gasteiger partial charge in [-0.3, -0.25) is 4.79 Å². The maximum absolute atomic E-state index is 11.8. The molecule has 0 heterocycles. The number of carbonyl (C=O) groups excluding carboxylic acids is 1. The van der Waals surface area contributed by atoms with Crippen molar-refractivity contribution in [1.29, 1.82) is 0 Å². The highest BCUT2D eigenvalue weighted by Gasteiger charge is 2.02. The smallest absolute Gasteiger partial charge is 0.271 e. The van der Waals surface area contributed by atoms with E-state index in [0.29, 0.717) is 11.3 Å². The average molecular weight is 344 g/mol. The first-order chi connectivity index (χ1) is 10.1. The highest BCUT2D eigenvalue weighted by atomic mass is 79.9. The number of rotatable bonds is 4. The lowest BCUT2D eigenvalue weighted by Gasteiger charge is -2.00. The molecule has 106 valence electrons. The standard InChI is InChI=1S/C16H14BrN3O/c17-14(10-12-4-2-1-3-5-12)11-19-20-16(21)13-6-8-15(18)9-7-13/h1-11H,18H2,(H,20,21)/b14-10-,19-11+. The molecule has 0 unspecified atom stereocenters. The summed E-state index contributed by atoms with van der Waals surface area (Å²) in [6, 6.07) is 16.4. The van der Waals surface area contributed by atoms with E-state index in [0.717, 1.165) is 10.0 Å². The average Bonchev–Trinajstić information content (AvgIpc) is 2.49. The molecule has 0 radical (unpaired) electrons. The third-order valence-corrected chi connectivity index (χ3v) is 3.06. The van der Waals surface area contributed by atoms with E-state index in [4.69, 9.17) is 5.73 Å². The zero-order valence-corrected chi connectivity index (χ0v) is 12.7. The Morgan fingerprint density at radius 1 is 1.10 bits per heavy atom. The number of hydrazone groups is 1. The van der Waals surface area contributed by atoms with Gasteiger partial charge in [-0.15, -0.1) is 0 Å². The fraction of sp³-hybridized carbons (Fsp3) is 0. The van der Waals surface area contributed by atoms with E-state index in [1.54, 1.807) is 24.3 Å². The minimum atomic E-state index is -0.286. The normalized spacial score (nSPS) is 11.6. The number of allylic oxidation sites excluding steroid dienone is 1. The molecule has 3 N–H and O–H groups in total. The van der Waals surface area contributed by atoms with Gasteiger partial charge >= 0.3 is 0 Å². The van der Waals surface area contributed by atoms with Crippen molar-refractivity contribution < 1.29 is 4.79 Å². The van der Waals surface area contributed by atoms with Gasteiger partial charge in [-0.1, -0.05) is 30.3 Å². The molecule has 0 aromatic heterocycles. The van der Waals surface area contributed by atoms with E-state index in [1.165, 1.54) is 6.21 Å². The van der Waals surface area contributed by atoms with Crippen LogP contribution in [0.2, 0.25) is 0 Å². The van der Waals surface area contributed by atoms with Crippen LogP contribution in [0.15, 0.2) is 64.2 Å². The summed E-state index contributed by atoms with van der Waals surface area (Å²) in [7, 11) is 0. The fourth-order valence-electron chi connectivity index (χ4n) is 1.60. The Balaban J connectivity index is 1.94. The number of nitrogen functional groups attached to an aromatic ring is 1. The predicted molar refractivity (Wildman–Crippen MR) is 90.2 cm³/mol. The molecule has 0 bridgehead atoms. The number of hydrogen-bond donors (Lipinski definition) is 2. The van der Waals surface area contributed by atoms with Gasteiger partial charge in [0.1, 0.15) is 0 Å². The van der Waals surface area contributed by atoms with E-state index in [9.17, 15) is 4.79 Å². The molecule has 1 amide bonds. The van der Waals surface area contributed by atoms with Gasteiger partial charge < -0.3 is 5.73 Å². The number of halogens is 1. The second-order valence-electron chi connectivity index (χ2n) is 4.26. The van der Waals surface area contributed by atoms with Crippen molar-refractivity contribution in [3.63, 3.8) is 0 Å². The summed E-state index contributed by atoms with van der Waals surface area (Å²) in [5.74, 6) is -0.286. The Morgan fingerprint density at radius 3 is 2.43 bits per heavy atom. The minimum absolute atomic E-state index is 0.286. The lowest BCUT2D eigenvalue weighted by Crippen LogP contribution is -2.17. The van der Waals surface area contributed by atoms with Gasteiger partial charge in [-0.2, -0.15) is 5.10 Å². The molecule has 2 aromatic rings. The number of hydrogen-bond acceptors (Lipinski definition) is 3. The molecule has 0 aliphatic carbocycles. The number of nitrogens with two attached hydrogens (primary N) is 1. The molecule has 21 heavy (non-hydrogen) atoms. The van der Waals surface area contributed by atoms with Gasteiger partial charge in [0.15, 0.2) is 0 Å². The van der Waals surface area contributed by atoms with Crippen LogP contribution >= 0.6 is 15.9 Å². The van der Waals surface area contributed by atoms with Gasteiger partial charge in [-0.25, -0.2) is 5.43 Å². The first-order valence-electron chi connectivity index (χ1n) is 6.26. The Bertz CT molecular complexity index is 664. The Morgan fingerprint density at radius 2 is 1.76 bits per heavy atom. The molecule has 0 atom stereocenters. The quantitative estimate of drug-likeness (QED) is 0.507. The molecule has 2 rings (SSSR count). The zero-order chi connectivity index (χ0) is 15.1. The molecule has 2 aromatic carbocycles. The van der Waals surface area contributed by atoms with Crippen LogP contribution in [0, 0.1) is 0 Å². The fourth-order valence-corrected chi connectivity index (χ4v) is 1.96. The van der Waals surface area contributed by atoms with Crippen LogP contribution in [-0.2, 0) is 0 Å². The molecular formula is C16H14BrN3O. The van der Waals surface area contributed by atoms with Crippen LogP contribution in [0.4, 0.5) is 5.69 Å². The minimum Gasteiger partial charge on any atom is -0.399 e. The van der Waals surface area contributed by atoms with E-state index >= 15 is 0 Å². The van der Waals surface area contributed by atoms with E-state index in [1.807, 2.05) is 36.4 Å². The Hall–Kier alpha value is -2.40. The van der Waals surface area contributed by atoms with Crippen molar-refractivity contribution in [1.82, 2.24) is 5.43 Å². The van der Waals surface area contributed by atoms with E-state index < -0.39 is 0 Å². The topological polar surface area (TPSA) is 67.5 Å². The van der Waals surface area contributed by atoms with E-state index in [2.05, 4.69) is 26.5 Å². The van der Waals surface area contributed by atoms with Gasteiger partial charge in [0.05, 0.1) is 6.21 Å². The molecule has 0 aliphatic heterocycles. The summed E-state index contributed by atoms with van der Waals surface area (Å²) in [5.41, 5.74) is 10.2. The molecule has 0 spiro atoms. The van der Waals surface area contributed by atoms with Crippen molar-refractivity contribution in [2.24, 2.45) is 5.10 Å². The number of anilines is 1. The van der Waals surface area contributed by atoms with Gasteiger partial charge in [0.25, 0.3) is 5.91 Å². The lowest BCUT2D eigenvalue weighted by molar-refractivity contribution is 0.0955. The van der Waals surface area contributed by atoms with Crippen molar-refractivity contribution in [3.05, 3.63) is 70.2 Å². The summed E-state index contributed by atoms with van der Waals surface area (Å²) >= 11 is 3.37. The highest BCUT2D eigenvalue weighted by molar-refractivity contribution is 9.12. The molecular weight excluding hydrogens is 330 g/mol. The Labute approximate surface area is 131 Å². The number of benzene rings is 2. The van der Waals surface area contributed by atoms with Crippen LogP contribution in [0.5, 0.6) is 0 Å².